The second kappa shape index (κ2) is 5.55. The van der Waals surface area contributed by atoms with E-state index in [0.29, 0.717) is 13.1 Å². The number of imidazole rings is 1. The number of benzene rings is 1. The fraction of sp³-hybridized carbons (Fsp3) is 0.333. The summed E-state index contributed by atoms with van der Waals surface area (Å²) in [5.41, 5.74) is 1.61. The van der Waals surface area contributed by atoms with Crippen LogP contribution >= 0.6 is 0 Å². The molecule has 1 aromatic carbocycles. The van der Waals surface area contributed by atoms with Crippen LogP contribution in [0.2, 0.25) is 0 Å². The molecule has 1 aliphatic heterocycles. The molecule has 1 amide bonds. The summed E-state index contributed by atoms with van der Waals surface area (Å²) in [7, 11) is 0. The molecule has 0 bridgehead atoms. The van der Waals surface area contributed by atoms with E-state index < -0.39 is 6.09 Å². The third-order valence-electron chi connectivity index (χ3n) is 3.83. The van der Waals surface area contributed by atoms with Crippen molar-refractivity contribution in [2.24, 2.45) is 0 Å². The Hall–Kier alpha value is -2.37. The normalized spacial score (nSPS) is 18.7. The van der Waals surface area contributed by atoms with Crippen LogP contribution in [0, 0.1) is 5.82 Å². The standard InChI is InChI=1S/C15H16FN3O2/c16-12-5-3-11(4-6-12)14-9-19(10-17-14)13-2-1-7-18(8-13)15(20)21/h3-6,9-10,13H,1-2,7-8H2,(H,20,21). The Balaban J connectivity index is 1.78. The molecule has 0 aliphatic carbocycles. The molecule has 1 aliphatic rings. The van der Waals surface area contributed by atoms with Gasteiger partial charge in [0.05, 0.1) is 18.1 Å². The summed E-state index contributed by atoms with van der Waals surface area (Å²) >= 11 is 0. The number of aromatic nitrogens is 2. The third kappa shape index (κ3) is 2.89. The number of likely N-dealkylation sites (tertiary alicyclic amines) is 1. The minimum absolute atomic E-state index is 0.108. The lowest BCUT2D eigenvalue weighted by Crippen LogP contribution is -2.39. The SMILES string of the molecule is O=C(O)N1CCCC(n2cnc(-c3ccc(F)cc3)c2)C1. The highest BCUT2D eigenvalue weighted by molar-refractivity contribution is 5.65. The fourth-order valence-corrected chi connectivity index (χ4v) is 2.68. The van der Waals surface area contributed by atoms with Crippen molar-refractivity contribution < 1.29 is 14.3 Å². The predicted octanol–water partition coefficient (Wildman–Crippen LogP) is 3.00. The summed E-state index contributed by atoms with van der Waals surface area (Å²) < 4.78 is 14.9. The molecule has 2 aromatic rings. The molecule has 1 unspecified atom stereocenters. The van der Waals surface area contributed by atoms with E-state index in [9.17, 15) is 9.18 Å². The number of carboxylic acid groups (broad SMARTS) is 1. The van der Waals surface area contributed by atoms with Gasteiger partial charge in [-0.25, -0.2) is 14.2 Å². The molecule has 1 N–H and O–H groups in total. The number of nitrogens with zero attached hydrogens (tertiary/aromatic N) is 3. The van der Waals surface area contributed by atoms with Crippen molar-refractivity contribution in [3.63, 3.8) is 0 Å². The lowest BCUT2D eigenvalue weighted by molar-refractivity contribution is 0.121. The van der Waals surface area contributed by atoms with Gasteiger partial charge in [0, 0.05) is 24.8 Å². The van der Waals surface area contributed by atoms with Crippen molar-refractivity contribution in [2.75, 3.05) is 13.1 Å². The topological polar surface area (TPSA) is 58.4 Å². The first-order valence-electron chi connectivity index (χ1n) is 6.91. The Morgan fingerprint density at radius 2 is 2.10 bits per heavy atom. The molecule has 21 heavy (non-hydrogen) atoms. The van der Waals surface area contributed by atoms with Crippen LogP contribution in [0.3, 0.4) is 0 Å². The zero-order valence-electron chi connectivity index (χ0n) is 11.4. The molecule has 1 fully saturated rings. The molecular formula is C15H16FN3O2. The number of piperidine rings is 1. The zero-order chi connectivity index (χ0) is 14.8. The van der Waals surface area contributed by atoms with Crippen LogP contribution in [0.1, 0.15) is 18.9 Å². The highest BCUT2D eigenvalue weighted by atomic mass is 19.1. The molecule has 2 heterocycles. The van der Waals surface area contributed by atoms with Gasteiger partial charge in [-0.2, -0.15) is 0 Å². The van der Waals surface area contributed by atoms with Gasteiger partial charge in [0.15, 0.2) is 0 Å². The zero-order valence-corrected chi connectivity index (χ0v) is 11.4. The Kier molecular flexibility index (Phi) is 3.60. The van der Waals surface area contributed by atoms with E-state index in [-0.39, 0.29) is 11.9 Å². The summed E-state index contributed by atoms with van der Waals surface area (Å²) in [4.78, 5) is 16.8. The monoisotopic (exact) mass is 289 g/mol. The summed E-state index contributed by atoms with van der Waals surface area (Å²) in [6, 6.07) is 6.29. The fourth-order valence-electron chi connectivity index (χ4n) is 2.68. The van der Waals surface area contributed by atoms with E-state index in [2.05, 4.69) is 4.98 Å². The van der Waals surface area contributed by atoms with Gasteiger partial charge in [0.1, 0.15) is 5.82 Å². The minimum atomic E-state index is -0.876. The van der Waals surface area contributed by atoms with Gasteiger partial charge in [-0.1, -0.05) is 0 Å². The number of hydrogen-bond donors (Lipinski definition) is 1. The molecule has 5 nitrogen and oxygen atoms in total. The van der Waals surface area contributed by atoms with Crippen molar-refractivity contribution in [1.82, 2.24) is 14.5 Å². The van der Waals surface area contributed by atoms with Gasteiger partial charge in [-0.3, -0.25) is 0 Å². The highest BCUT2D eigenvalue weighted by Crippen LogP contribution is 2.24. The van der Waals surface area contributed by atoms with Crippen LogP contribution < -0.4 is 0 Å². The number of halogens is 1. The number of rotatable bonds is 2. The van der Waals surface area contributed by atoms with Crippen LogP contribution in [0.5, 0.6) is 0 Å². The van der Waals surface area contributed by atoms with Crippen molar-refractivity contribution in [2.45, 2.75) is 18.9 Å². The first-order chi connectivity index (χ1) is 10.1. The molecule has 1 aromatic heterocycles. The quantitative estimate of drug-likeness (QED) is 0.924. The summed E-state index contributed by atoms with van der Waals surface area (Å²) in [6.45, 7) is 1.07. The average Bonchev–Trinajstić information content (AvgIpc) is 2.98. The molecule has 0 saturated carbocycles. The van der Waals surface area contributed by atoms with Crippen LogP contribution in [0.15, 0.2) is 36.8 Å². The smallest absolute Gasteiger partial charge is 0.407 e. The van der Waals surface area contributed by atoms with Crippen LogP contribution in [0.4, 0.5) is 9.18 Å². The van der Waals surface area contributed by atoms with Crippen LogP contribution in [0.25, 0.3) is 11.3 Å². The lowest BCUT2D eigenvalue weighted by Gasteiger charge is -2.31. The summed E-state index contributed by atoms with van der Waals surface area (Å²) in [5, 5.41) is 9.08. The van der Waals surface area contributed by atoms with E-state index in [1.165, 1.54) is 17.0 Å². The van der Waals surface area contributed by atoms with Crippen LogP contribution in [-0.2, 0) is 0 Å². The maximum Gasteiger partial charge on any atom is 0.407 e. The minimum Gasteiger partial charge on any atom is -0.465 e. The van der Waals surface area contributed by atoms with Gasteiger partial charge in [-0.05, 0) is 37.1 Å². The Morgan fingerprint density at radius 3 is 2.81 bits per heavy atom. The van der Waals surface area contributed by atoms with Gasteiger partial charge in [0.2, 0.25) is 0 Å². The van der Waals surface area contributed by atoms with Crippen molar-refractivity contribution in [1.29, 1.82) is 0 Å². The number of amides is 1. The maximum atomic E-state index is 12.9. The number of hydrogen-bond acceptors (Lipinski definition) is 2. The maximum absolute atomic E-state index is 12.9. The average molecular weight is 289 g/mol. The van der Waals surface area contributed by atoms with E-state index in [1.807, 2.05) is 10.8 Å². The molecule has 110 valence electrons. The van der Waals surface area contributed by atoms with E-state index in [4.69, 9.17) is 5.11 Å². The Labute approximate surface area is 121 Å². The molecule has 6 heteroatoms. The van der Waals surface area contributed by atoms with Gasteiger partial charge >= 0.3 is 6.09 Å². The molecule has 3 rings (SSSR count). The first-order valence-corrected chi connectivity index (χ1v) is 6.91. The first kappa shape index (κ1) is 13.6. The highest BCUT2D eigenvalue weighted by Gasteiger charge is 2.24. The Morgan fingerprint density at radius 1 is 1.33 bits per heavy atom. The summed E-state index contributed by atoms with van der Waals surface area (Å²) in [6.07, 6.45) is 4.51. The van der Waals surface area contributed by atoms with E-state index >= 15 is 0 Å². The van der Waals surface area contributed by atoms with Gasteiger partial charge < -0.3 is 14.6 Å². The molecular weight excluding hydrogens is 273 g/mol. The second-order valence-corrected chi connectivity index (χ2v) is 5.24. The third-order valence-corrected chi connectivity index (χ3v) is 3.83. The summed E-state index contributed by atoms with van der Waals surface area (Å²) in [5.74, 6) is -0.275. The van der Waals surface area contributed by atoms with Crippen molar-refractivity contribution in [3.05, 3.63) is 42.6 Å². The van der Waals surface area contributed by atoms with E-state index in [0.717, 1.165) is 24.1 Å². The van der Waals surface area contributed by atoms with E-state index in [1.54, 1.807) is 18.5 Å². The van der Waals surface area contributed by atoms with Crippen LogP contribution in [-0.4, -0.2) is 38.7 Å². The second-order valence-electron chi connectivity index (χ2n) is 5.24. The van der Waals surface area contributed by atoms with Crippen molar-refractivity contribution >= 4 is 6.09 Å². The van der Waals surface area contributed by atoms with Gasteiger partial charge in [-0.15, -0.1) is 0 Å². The number of carbonyl (C=O) groups is 1. The molecule has 1 saturated heterocycles. The largest absolute Gasteiger partial charge is 0.465 e. The van der Waals surface area contributed by atoms with Crippen molar-refractivity contribution in [3.8, 4) is 11.3 Å². The molecule has 1 atom stereocenters. The Bertz CT molecular complexity index is 639. The molecule has 0 spiro atoms. The van der Waals surface area contributed by atoms with Gasteiger partial charge in [0.25, 0.3) is 0 Å². The molecule has 0 radical (unpaired) electrons. The lowest BCUT2D eigenvalue weighted by atomic mass is 10.1. The predicted molar refractivity (Wildman–Crippen MR) is 75.5 cm³/mol.